The van der Waals surface area contributed by atoms with Gasteiger partial charge in [0.1, 0.15) is 11.6 Å². The van der Waals surface area contributed by atoms with Gasteiger partial charge in [0.2, 0.25) is 11.6 Å². The first-order chi connectivity index (χ1) is 20.7. The number of halogens is 4. The Kier molecular flexibility index (Phi) is 7.61. The monoisotopic (exact) mass is 593 g/mol. The van der Waals surface area contributed by atoms with Gasteiger partial charge in [0.15, 0.2) is 17.4 Å². The highest BCUT2D eigenvalue weighted by molar-refractivity contribution is 6.15. The van der Waals surface area contributed by atoms with Gasteiger partial charge < -0.3 is 20.5 Å². The van der Waals surface area contributed by atoms with Crippen LogP contribution in [-0.2, 0) is 6.42 Å². The minimum atomic E-state index is -2.96. The molecule has 0 atom stereocenters. The quantitative estimate of drug-likeness (QED) is 0.187. The molecule has 2 aromatic heterocycles. The molecular formula is C31H27F4N5O3. The topological polar surface area (TPSA) is 104 Å². The number of Topliss-reactive ketones (excluding diaryl/α,β-unsaturated/α-hetero) is 1. The molecule has 2 aromatic carbocycles. The average molecular weight is 594 g/mol. The molecule has 0 bridgehead atoms. The van der Waals surface area contributed by atoms with Crippen molar-refractivity contribution in [1.82, 2.24) is 20.1 Å². The summed E-state index contributed by atoms with van der Waals surface area (Å²) in [6.45, 7) is 0.320. The van der Waals surface area contributed by atoms with E-state index in [4.69, 9.17) is 15.2 Å². The Labute approximate surface area is 244 Å². The molecule has 0 radical (unpaired) electrons. The molecule has 1 saturated heterocycles. The van der Waals surface area contributed by atoms with E-state index < -0.39 is 24.0 Å². The van der Waals surface area contributed by atoms with Crippen molar-refractivity contribution in [3.8, 4) is 23.1 Å². The number of ketones is 1. The lowest BCUT2D eigenvalue weighted by atomic mass is 9.87. The number of nitrogens with zero attached hydrogens (tertiary/aromatic N) is 3. The van der Waals surface area contributed by atoms with Gasteiger partial charge in [-0.05, 0) is 85.3 Å². The van der Waals surface area contributed by atoms with E-state index in [2.05, 4.69) is 15.4 Å². The molecule has 1 aliphatic carbocycles. The zero-order valence-corrected chi connectivity index (χ0v) is 23.0. The molecule has 12 heteroatoms. The molecule has 3 N–H and O–H groups in total. The van der Waals surface area contributed by atoms with Crippen LogP contribution in [-0.4, -0.2) is 40.2 Å². The molecule has 6 rings (SSSR count). The number of nitrogens with one attached hydrogen (secondary N) is 1. The number of fused-ring (bicyclic) bond motifs is 1. The number of rotatable bonds is 8. The summed E-state index contributed by atoms with van der Waals surface area (Å²) in [4.78, 5) is 17.7. The van der Waals surface area contributed by atoms with Gasteiger partial charge in [0.25, 0.3) is 0 Å². The van der Waals surface area contributed by atoms with Crippen LogP contribution >= 0.6 is 0 Å². The van der Waals surface area contributed by atoms with Crippen molar-refractivity contribution in [2.75, 3.05) is 18.8 Å². The molecule has 0 saturated carbocycles. The number of piperidine rings is 1. The van der Waals surface area contributed by atoms with Crippen LogP contribution in [0.15, 0.2) is 54.4 Å². The number of pyridine rings is 1. The number of nitrogen functional groups attached to an aromatic ring is 1. The number of carbonyl (C=O) groups is 1. The number of aromatic nitrogens is 3. The number of aryl methyl sites for hydroxylation is 1. The first kappa shape index (κ1) is 28.4. The summed E-state index contributed by atoms with van der Waals surface area (Å²) in [7, 11) is 0. The minimum Gasteiger partial charge on any atom is -0.435 e. The van der Waals surface area contributed by atoms with Gasteiger partial charge in [-0.1, -0.05) is 12.1 Å². The molecule has 1 fully saturated rings. The van der Waals surface area contributed by atoms with Gasteiger partial charge >= 0.3 is 6.61 Å². The van der Waals surface area contributed by atoms with Crippen molar-refractivity contribution in [3.63, 3.8) is 0 Å². The maximum atomic E-state index is 14.0. The number of hydrogen-bond donors (Lipinski definition) is 2. The predicted octanol–water partition coefficient (Wildman–Crippen LogP) is 6.12. The Balaban J connectivity index is 1.24. The fourth-order valence-corrected chi connectivity index (χ4v) is 5.57. The van der Waals surface area contributed by atoms with Crippen molar-refractivity contribution in [2.45, 2.75) is 38.7 Å². The Hall–Kier alpha value is -4.71. The number of hydrogen-bond acceptors (Lipinski definition) is 7. The number of carbonyl (C=O) groups excluding carboxylic acids is 1. The van der Waals surface area contributed by atoms with Crippen LogP contribution < -0.4 is 20.5 Å². The van der Waals surface area contributed by atoms with Crippen LogP contribution in [0.3, 0.4) is 0 Å². The normalized spacial score (nSPS) is 15.0. The van der Waals surface area contributed by atoms with E-state index in [9.17, 15) is 22.4 Å². The lowest BCUT2D eigenvalue weighted by molar-refractivity contribution is -0.0507. The van der Waals surface area contributed by atoms with Gasteiger partial charge in [-0.25, -0.2) is 18.4 Å². The van der Waals surface area contributed by atoms with Gasteiger partial charge in [-0.15, -0.1) is 0 Å². The third-order valence-electron chi connectivity index (χ3n) is 7.73. The molecule has 0 spiro atoms. The summed E-state index contributed by atoms with van der Waals surface area (Å²) < 4.78 is 66.0. The molecular weight excluding hydrogens is 566 g/mol. The van der Waals surface area contributed by atoms with Gasteiger partial charge in [0, 0.05) is 18.1 Å². The van der Waals surface area contributed by atoms with Crippen molar-refractivity contribution in [1.29, 1.82) is 0 Å². The van der Waals surface area contributed by atoms with Gasteiger partial charge in [-0.3, -0.25) is 4.79 Å². The number of para-hydroxylation sites is 1. The van der Waals surface area contributed by atoms with E-state index in [1.807, 2.05) is 6.07 Å². The predicted molar refractivity (Wildman–Crippen MR) is 151 cm³/mol. The Morgan fingerprint density at radius 3 is 2.56 bits per heavy atom. The fraction of sp³-hybridized carbons (Fsp3) is 0.258. The zero-order valence-electron chi connectivity index (χ0n) is 23.0. The summed E-state index contributed by atoms with van der Waals surface area (Å²) in [5.41, 5.74) is 10.2. The van der Waals surface area contributed by atoms with Crippen LogP contribution in [0.1, 0.15) is 51.4 Å². The number of allylic oxidation sites excluding steroid dienone is 1. The Morgan fingerprint density at radius 1 is 1.12 bits per heavy atom. The minimum absolute atomic E-state index is 0.0415. The second kappa shape index (κ2) is 11.5. The number of nitrogens with two attached hydrogens (primary N) is 1. The Morgan fingerprint density at radius 2 is 1.86 bits per heavy atom. The zero-order chi connectivity index (χ0) is 30.2. The SMILES string of the molecule is Cc1cc(Oc2c(F)cccc2F)ncc1-n1ncc(C(=O)C2=Cc3cc(OC(F)F)c(C4CCNCC4)cc3C2)c1N. The third kappa shape index (κ3) is 5.57. The van der Waals surface area contributed by atoms with E-state index >= 15 is 0 Å². The summed E-state index contributed by atoms with van der Waals surface area (Å²) >= 11 is 0. The van der Waals surface area contributed by atoms with E-state index in [0.29, 0.717) is 28.8 Å². The summed E-state index contributed by atoms with van der Waals surface area (Å²) in [6.07, 6.45) is 6.30. The van der Waals surface area contributed by atoms with E-state index in [0.717, 1.165) is 49.2 Å². The molecule has 0 amide bonds. The standard InChI is InChI=1S/C31H27F4N5O3/c1-16-9-27(43-29-23(32)3-2-4-24(29)33)38-15-25(16)40-30(36)22(14-39-40)28(41)20-10-18-12-21(17-5-7-37-8-6-17)26(42-31(34)35)13-19(18)11-20/h2-4,9,11-15,17,31,37H,5-8,10,36H2,1H3. The highest BCUT2D eigenvalue weighted by Gasteiger charge is 2.28. The third-order valence-corrected chi connectivity index (χ3v) is 7.73. The maximum Gasteiger partial charge on any atom is 0.387 e. The molecule has 4 aromatic rings. The summed E-state index contributed by atoms with van der Waals surface area (Å²) in [5, 5.41) is 7.56. The van der Waals surface area contributed by atoms with Gasteiger partial charge in [0.05, 0.1) is 23.6 Å². The first-order valence-electron chi connectivity index (χ1n) is 13.7. The van der Waals surface area contributed by atoms with Crippen LogP contribution in [0, 0.1) is 18.6 Å². The molecule has 222 valence electrons. The number of benzene rings is 2. The maximum absolute atomic E-state index is 14.0. The average Bonchev–Trinajstić information content (AvgIpc) is 3.57. The fourth-order valence-electron chi connectivity index (χ4n) is 5.57. The smallest absolute Gasteiger partial charge is 0.387 e. The van der Waals surface area contributed by atoms with E-state index in [-0.39, 0.29) is 34.7 Å². The second-order valence-corrected chi connectivity index (χ2v) is 10.5. The summed E-state index contributed by atoms with van der Waals surface area (Å²) in [6, 6.07) is 8.30. The highest BCUT2D eigenvalue weighted by atomic mass is 19.3. The van der Waals surface area contributed by atoms with Crippen LogP contribution in [0.2, 0.25) is 0 Å². The van der Waals surface area contributed by atoms with Crippen LogP contribution in [0.25, 0.3) is 11.8 Å². The number of anilines is 1. The molecule has 3 heterocycles. The van der Waals surface area contributed by atoms with Crippen LogP contribution in [0.4, 0.5) is 23.4 Å². The molecule has 1 aliphatic heterocycles. The Bertz CT molecular complexity index is 1730. The van der Waals surface area contributed by atoms with E-state index in [1.54, 1.807) is 19.1 Å². The van der Waals surface area contributed by atoms with Crippen molar-refractivity contribution in [3.05, 3.63) is 93.8 Å². The second-order valence-electron chi connectivity index (χ2n) is 10.5. The highest BCUT2D eigenvalue weighted by Crippen LogP contribution is 2.40. The number of ether oxygens (including phenoxy) is 2. The first-order valence-corrected chi connectivity index (χ1v) is 13.7. The summed E-state index contributed by atoms with van der Waals surface area (Å²) in [5.74, 6) is -2.42. The van der Waals surface area contributed by atoms with Crippen molar-refractivity contribution < 1.29 is 31.8 Å². The molecule has 8 nitrogen and oxygen atoms in total. The lowest BCUT2D eigenvalue weighted by Crippen LogP contribution is -2.27. The largest absolute Gasteiger partial charge is 0.435 e. The van der Waals surface area contributed by atoms with Gasteiger partial charge in [-0.2, -0.15) is 13.9 Å². The lowest BCUT2D eigenvalue weighted by Gasteiger charge is -2.25. The molecule has 0 unspecified atom stereocenters. The number of alkyl halides is 2. The molecule has 43 heavy (non-hydrogen) atoms. The molecule has 2 aliphatic rings. The van der Waals surface area contributed by atoms with Crippen molar-refractivity contribution >= 4 is 17.7 Å². The van der Waals surface area contributed by atoms with Crippen LogP contribution in [0.5, 0.6) is 17.4 Å². The van der Waals surface area contributed by atoms with Crippen molar-refractivity contribution in [2.24, 2.45) is 0 Å². The van der Waals surface area contributed by atoms with E-state index in [1.165, 1.54) is 29.2 Å².